The number of nitrogens with zero attached hydrogens (tertiary/aromatic N) is 1. The highest BCUT2D eigenvalue weighted by Crippen LogP contribution is 2.32. The van der Waals surface area contributed by atoms with E-state index in [2.05, 4.69) is 0 Å². The first-order valence-corrected chi connectivity index (χ1v) is 8.51. The predicted molar refractivity (Wildman–Crippen MR) is 96.3 cm³/mol. The normalized spacial score (nSPS) is 11.3. The van der Waals surface area contributed by atoms with Crippen molar-refractivity contribution in [3.8, 4) is 5.75 Å². The lowest BCUT2D eigenvalue weighted by Crippen LogP contribution is -2.09. The number of carbonyl (C=O) groups is 1. The summed E-state index contributed by atoms with van der Waals surface area (Å²) in [6.07, 6.45) is 0. The quantitative estimate of drug-likeness (QED) is 0.575. The Labute approximate surface area is 146 Å². The summed E-state index contributed by atoms with van der Waals surface area (Å²) >= 11 is 1.52. The van der Waals surface area contributed by atoms with Crippen LogP contribution < -0.4 is 4.74 Å². The molecule has 2 aromatic carbocycles. The Bertz CT molecular complexity index is 1110. The number of carboxylic acid groups (broad SMARTS) is 1. The minimum atomic E-state index is -1.01. The molecule has 0 aliphatic rings. The van der Waals surface area contributed by atoms with Gasteiger partial charge in [-0.2, -0.15) is 0 Å². The maximum Gasteiger partial charge on any atom is 0.352 e. The minimum Gasteiger partial charge on any atom is -0.496 e. The fourth-order valence-electron chi connectivity index (χ4n) is 3.13. The predicted octanol–water partition coefficient (Wildman–Crippen LogP) is 4.75. The molecule has 2 aromatic heterocycles. The van der Waals surface area contributed by atoms with E-state index in [1.54, 1.807) is 29.9 Å². The van der Waals surface area contributed by atoms with Gasteiger partial charge in [0.1, 0.15) is 17.3 Å². The van der Waals surface area contributed by atoms with Crippen LogP contribution in [0.25, 0.3) is 21.0 Å². The number of methoxy groups -OCH3 is 1. The second-order valence-corrected chi connectivity index (χ2v) is 6.63. The average Bonchev–Trinajstić information content (AvgIpc) is 3.17. The van der Waals surface area contributed by atoms with E-state index in [4.69, 9.17) is 4.74 Å². The topological polar surface area (TPSA) is 51.5 Å². The SMILES string of the molecule is COc1cccc2c1cc(C(=O)O)n2Cc1csc2ccc(F)cc12. The lowest BCUT2D eigenvalue weighted by atomic mass is 10.1. The monoisotopic (exact) mass is 355 g/mol. The van der Waals surface area contributed by atoms with Gasteiger partial charge in [0, 0.05) is 22.0 Å². The van der Waals surface area contributed by atoms with Crippen LogP contribution in [0.15, 0.2) is 47.8 Å². The van der Waals surface area contributed by atoms with Crippen LogP contribution >= 0.6 is 11.3 Å². The van der Waals surface area contributed by atoms with Crippen molar-refractivity contribution in [2.24, 2.45) is 0 Å². The first-order chi connectivity index (χ1) is 12.1. The van der Waals surface area contributed by atoms with E-state index in [1.165, 1.54) is 23.5 Å². The van der Waals surface area contributed by atoms with Crippen molar-refractivity contribution < 1.29 is 19.0 Å². The number of hydrogen-bond acceptors (Lipinski definition) is 3. The van der Waals surface area contributed by atoms with Crippen molar-refractivity contribution in [1.82, 2.24) is 4.57 Å². The molecule has 0 saturated heterocycles. The van der Waals surface area contributed by atoms with E-state index >= 15 is 0 Å². The van der Waals surface area contributed by atoms with Crippen molar-refractivity contribution in [1.29, 1.82) is 0 Å². The van der Waals surface area contributed by atoms with Gasteiger partial charge in [-0.15, -0.1) is 11.3 Å². The molecule has 0 aliphatic carbocycles. The Morgan fingerprint density at radius 1 is 1.24 bits per heavy atom. The summed E-state index contributed by atoms with van der Waals surface area (Å²) in [7, 11) is 1.56. The molecule has 0 atom stereocenters. The fraction of sp³-hybridized carbons (Fsp3) is 0.105. The molecule has 25 heavy (non-hydrogen) atoms. The molecule has 4 aromatic rings. The van der Waals surface area contributed by atoms with Crippen LogP contribution in [-0.4, -0.2) is 22.8 Å². The molecule has 1 N–H and O–H groups in total. The molecule has 0 amide bonds. The first-order valence-electron chi connectivity index (χ1n) is 7.63. The molecule has 4 nitrogen and oxygen atoms in total. The van der Waals surface area contributed by atoms with Gasteiger partial charge in [0.25, 0.3) is 0 Å². The van der Waals surface area contributed by atoms with Crippen molar-refractivity contribution in [2.75, 3.05) is 7.11 Å². The van der Waals surface area contributed by atoms with Gasteiger partial charge in [-0.05, 0) is 47.3 Å². The van der Waals surface area contributed by atoms with Gasteiger partial charge in [-0.3, -0.25) is 0 Å². The second kappa shape index (κ2) is 5.89. The molecule has 0 radical (unpaired) electrons. The molecule has 0 fully saturated rings. The van der Waals surface area contributed by atoms with Crippen LogP contribution in [0.1, 0.15) is 16.1 Å². The molecule has 2 heterocycles. The summed E-state index contributed by atoms with van der Waals surface area (Å²) in [4.78, 5) is 11.7. The van der Waals surface area contributed by atoms with Crippen LogP contribution in [0.5, 0.6) is 5.75 Å². The third-order valence-corrected chi connectivity index (χ3v) is 5.30. The molecular weight excluding hydrogens is 341 g/mol. The number of fused-ring (bicyclic) bond motifs is 2. The van der Waals surface area contributed by atoms with E-state index in [9.17, 15) is 14.3 Å². The number of aromatic carboxylic acids is 1. The largest absolute Gasteiger partial charge is 0.496 e. The maximum atomic E-state index is 13.6. The van der Waals surface area contributed by atoms with Crippen molar-refractivity contribution in [2.45, 2.75) is 6.54 Å². The van der Waals surface area contributed by atoms with Gasteiger partial charge >= 0.3 is 5.97 Å². The molecule has 126 valence electrons. The zero-order valence-corrected chi connectivity index (χ0v) is 14.1. The molecule has 0 spiro atoms. The summed E-state index contributed by atoms with van der Waals surface area (Å²) in [5.74, 6) is -0.686. The van der Waals surface area contributed by atoms with E-state index in [1.807, 2.05) is 17.5 Å². The number of halogens is 1. The standard InChI is InChI=1S/C19H14FNO3S/c1-24-17-4-2-3-15-14(17)8-16(19(22)23)21(15)9-11-10-25-18-6-5-12(20)7-13(11)18/h2-8,10H,9H2,1H3,(H,22,23). The Balaban J connectivity index is 1.92. The number of aromatic nitrogens is 1. The van der Waals surface area contributed by atoms with Gasteiger partial charge in [-0.25, -0.2) is 9.18 Å². The van der Waals surface area contributed by atoms with Gasteiger partial charge in [0.15, 0.2) is 0 Å². The highest BCUT2D eigenvalue weighted by Gasteiger charge is 2.18. The van der Waals surface area contributed by atoms with E-state index in [-0.39, 0.29) is 11.5 Å². The Morgan fingerprint density at radius 3 is 2.84 bits per heavy atom. The van der Waals surface area contributed by atoms with E-state index < -0.39 is 5.97 Å². The molecule has 0 bridgehead atoms. The summed E-state index contributed by atoms with van der Waals surface area (Å²) in [6.45, 7) is 0.349. The number of rotatable bonds is 4. The summed E-state index contributed by atoms with van der Waals surface area (Å²) < 4.78 is 21.7. The van der Waals surface area contributed by atoms with Crippen LogP contribution in [0, 0.1) is 5.82 Å². The van der Waals surface area contributed by atoms with Crippen molar-refractivity contribution in [3.63, 3.8) is 0 Å². The molecule has 0 saturated carbocycles. The van der Waals surface area contributed by atoms with Gasteiger partial charge in [-0.1, -0.05) is 6.07 Å². The highest BCUT2D eigenvalue weighted by atomic mass is 32.1. The lowest BCUT2D eigenvalue weighted by molar-refractivity contribution is 0.0686. The Hall–Kier alpha value is -2.86. The molecule has 0 aliphatic heterocycles. The first kappa shape index (κ1) is 15.7. The Kier molecular flexibility index (Phi) is 3.69. The zero-order chi connectivity index (χ0) is 17.6. The summed E-state index contributed by atoms with van der Waals surface area (Å²) in [5.41, 5.74) is 1.84. The van der Waals surface area contributed by atoms with Crippen molar-refractivity contribution >= 4 is 38.3 Å². The van der Waals surface area contributed by atoms with Gasteiger partial charge in [0.05, 0.1) is 12.6 Å². The minimum absolute atomic E-state index is 0.176. The number of hydrogen-bond donors (Lipinski definition) is 1. The van der Waals surface area contributed by atoms with Gasteiger partial charge < -0.3 is 14.4 Å². The number of thiophene rings is 1. The maximum absolute atomic E-state index is 13.6. The molecule has 6 heteroatoms. The molecule has 0 unspecified atom stereocenters. The average molecular weight is 355 g/mol. The van der Waals surface area contributed by atoms with Crippen LogP contribution in [-0.2, 0) is 6.54 Å². The smallest absolute Gasteiger partial charge is 0.352 e. The fourth-order valence-corrected chi connectivity index (χ4v) is 4.06. The van der Waals surface area contributed by atoms with E-state index in [0.717, 1.165) is 26.6 Å². The molecule has 4 rings (SSSR count). The number of carboxylic acids is 1. The van der Waals surface area contributed by atoms with E-state index in [0.29, 0.717) is 12.3 Å². The van der Waals surface area contributed by atoms with Crippen molar-refractivity contribution in [3.05, 3.63) is 64.9 Å². The van der Waals surface area contributed by atoms with Crippen LogP contribution in [0.4, 0.5) is 4.39 Å². The zero-order valence-electron chi connectivity index (χ0n) is 13.3. The van der Waals surface area contributed by atoms with Crippen LogP contribution in [0.2, 0.25) is 0 Å². The second-order valence-electron chi connectivity index (χ2n) is 5.72. The third-order valence-electron chi connectivity index (χ3n) is 4.29. The summed E-state index contributed by atoms with van der Waals surface area (Å²) in [5, 5.41) is 13.1. The van der Waals surface area contributed by atoms with Crippen LogP contribution in [0.3, 0.4) is 0 Å². The van der Waals surface area contributed by atoms with Gasteiger partial charge in [0.2, 0.25) is 0 Å². The highest BCUT2D eigenvalue weighted by molar-refractivity contribution is 7.17. The number of ether oxygens (including phenoxy) is 1. The molecular formula is C19H14FNO3S. The summed E-state index contributed by atoms with van der Waals surface area (Å²) in [6, 6.07) is 11.8. The lowest BCUT2D eigenvalue weighted by Gasteiger charge is -2.09. The number of benzene rings is 2. The third kappa shape index (κ3) is 2.55. The Morgan fingerprint density at radius 2 is 2.08 bits per heavy atom.